The largest absolute Gasteiger partial charge is 0.454 e. The summed E-state index contributed by atoms with van der Waals surface area (Å²) in [5.41, 5.74) is 1.06. The summed E-state index contributed by atoms with van der Waals surface area (Å²) in [4.78, 5) is 12.2. The monoisotopic (exact) mass is 390 g/mol. The van der Waals surface area contributed by atoms with Crippen molar-refractivity contribution in [3.63, 3.8) is 0 Å². The lowest BCUT2D eigenvalue weighted by molar-refractivity contribution is 0.0945. The van der Waals surface area contributed by atoms with Crippen LogP contribution in [0.25, 0.3) is 0 Å². The van der Waals surface area contributed by atoms with E-state index in [-0.39, 0.29) is 35.9 Å². The topological polar surface area (TPSA) is 120 Å². The second kappa shape index (κ2) is 7.03. The van der Waals surface area contributed by atoms with Gasteiger partial charge < -0.3 is 20.1 Å². The summed E-state index contributed by atoms with van der Waals surface area (Å²) >= 11 is 0. The molecule has 2 N–H and O–H groups in total. The van der Waals surface area contributed by atoms with Crippen molar-refractivity contribution in [1.82, 2.24) is 15.5 Å². The van der Waals surface area contributed by atoms with Crippen LogP contribution in [0, 0.1) is 0 Å². The maximum Gasteiger partial charge on any atom is 0.272 e. The van der Waals surface area contributed by atoms with Crippen LogP contribution in [0.4, 0.5) is 5.82 Å². The molecule has 1 amide bonds. The van der Waals surface area contributed by atoms with Crippen LogP contribution in [0.3, 0.4) is 0 Å². The first-order valence-corrected chi connectivity index (χ1v) is 10.3. The Bertz CT molecular complexity index is 962. The minimum Gasteiger partial charge on any atom is -0.454 e. The highest BCUT2D eigenvalue weighted by molar-refractivity contribution is 7.91. The third-order valence-electron chi connectivity index (χ3n) is 4.37. The number of aromatic nitrogens is 2. The minimum atomic E-state index is -2.97. The molecule has 3 heterocycles. The Labute approximate surface area is 156 Å². The number of fused-ring (bicyclic) bond motifs is 1. The summed E-state index contributed by atoms with van der Waals surface area (Å²) in [6, 6.07) is 8.46. The fraction of sp³-hybridized carbons (Fsp3) is 0.353. The fourth-order valence-corrected chi connectivity index (χ4v) is 4.65. The van der Waals surface area contributed by atoms with Gasteiger partial charge in [-0.25, -0.2) is 8.42 Å². The van der Waals surface area contributed by atoms with Crippen molar-refractivity contribution in [2.24, 2.45) is 0 Å². The van der Waals surface area contributed by atoms with Gasteiger partial charge in [0.25, 0.3) is 5.91 Å². The Morgan fingerprint density at radius 1 is 1.15 bits per heavy atom. The SMILES string of the molecule is O=C(NCc1ccc2c(c1)OCO2)c1ccc(NC2CCS(=O)(=O)C2)nn1. The lowest BCUT2D eigenvalue weighted by Gasteiger charge is -2.11. The molecule has 1 aromatic heterocycles. The molecule has 2 aliphatic heterocycles. The highest BCUT2D eigenvalue weighted by atomic mass is 32.2. The molecule has 0 spiro atoms. The number of ether oxygens (including phenoxy) is 2. The van der Waals surface area contributed by atoms with Crippen LogP contribution in [0.1, 0.15) is 22.5 Å². The minimum absolute atomic E-state index is 0.0897. The molecule has 1 unspecified atom stereocenters. The zero-order chi connectivity index (χ0) is 18.9. The Kier molecular flexibility index (Phi) is 4.56. The molecule has 1 saturated heterocycles. The van der Waals surface area contributed by atoms with Crippen LogP contribution in [0.15, 0.2) is 30.3 Å². The molecule has 142 valence electrons. The summed E-state index contributed by atoms with van der Waals surface area (Å²) in [6.07, 6.45) is 0.543. The molecule has 2 aromatic rings. The van der Waals surface area contributed by atoms with E-state index in [0.29, 0.717) is 30.3 Å². The van der Waals surface area contributed by atoms with E-state index in [4.69, 9.17) is 9.47 Å². The molecular weight excluding hydrogens is 372 g/mol. The zero-order valence-corrected chi connectivity index (χ0v) is 15.2. The van der Waals surface area contributed by atoms with E-state index in [1.807, 2.05) is 12.1 Å². The van der Waals surface area contributed by atoms with Gasteiger partial charge in [0, 0.05) is 12.6 Å². The van der Waals surface area contributed by atoms with Crippen LogP contribution in [-0.4, -0.2) is 48.9 Å². The number of nitrogens with one attached hydrogen (secondary N) is 2. The Morgan fingerprint density at radius 2 is 2.00 bits per heavy atom. The molecule has 0 aliphatic carbocycles. The predicted molar refractivity (Wildman–Crippen MR) is 96.4 cm³/mol. The van der Waals surface area contributed by atoms with Gasteiger partial charge in [0.15, 0.2) is 27.0 Å². The molecule has 2 aliphatic rings. The Balaban J connectivity index is 1.32. The first-order chi connectivity index (χ1) is 13.0. The van der Waals surface area contributed by atoms with Gasteiger partial charge in [0.05, 0.1) is 11.5 Å². The van der Waals surface area contributed by atoms with Gasteiger partial charge in [-0.05, 0) is 36.2 Å². The van der Waals surface area contributed by atoms with Gasteiger partial charge in [0.1, 0.15) is 5.82 Å². The molecule has 10 heteroatoms. The summed E-state index contributed by atoms with van der Waals surface area (Å²) < 4.78 is 33.5. The molecular formula is C17H18N4O5S. The average molecular weight is 390 g/mol. The quantitative estimate of drug-likeness (QED) is 0.767. The summed E-state index contributed by atoms with van der Waals surface area (Å²) in [7, 11) is -2.97. The smallest absolute Gasteiger partial charge is 0.272 e. The molecule has 0 bridgehead atoms. The van der Waals surface area contributed by atoms with Crippen LogP contribution < -0.4 is 20.1 Å². The third kappa shape index (κ3) is 4.11. The number of hydrogen-bond acceptors (Lipinski definition) is 8. The first-order valence-electron chi connectivity index (χ1n) is 8.46. The van der Waals surface area contributed by atoms with Gasteiger partial charge >= 0.3 is 0 Å². The van der Waals surface area contributed by atoms with Gasteiger partial charge in [-0.15, -0.1) is 10.2 Å². The number of nitrogens with zero attached hydrogens (tertiary/aromatic N) is 2. The molecule has 1 fully saturated rings. The van der Waals surface area contributed by atoms with Crippen LogP contribution >= 0.6 is 0 Å². The molecule has 4 rings (SSSR count). The normalized spacial score (nSPS) is 19.6. The van der Waals surface area contributed by atoms with Crippen LogP contribution in [0.5, 0.6) is 11.5 Å². The third-order valence-corrected chi connectivity index (χ3v) is 6.14. The van der Waals surface area contributed by atoms with Crippen molar-refractivity contribution in [3.05, 3.63) is 41.6 Å². The molecule has 1 aromatic carbocycles. The van der Waals surface area contributed by atoms with Crippen LogP contribution in [0.2, 0.25) is 0 Å². The predicted octanol–water partition coefficient (Wildman–Crippen LogP) is 0.734. The number of sulfone groups is 1. The second-order valence-electron chi connectivity index (χ2n) is 6.42. The molecule has 9 nitrogen and oxygen atoms in total. The van der Waals surface area contributed by atoms with Gasteiger partial charge in [-0.2, -0.15) is 0 Å². The molecule has 0 radical (unpaired) electrons. The van der Waals surface area contributed by atoms with E-state index < -0.39 is 9.84 Å². The number of anilines is 1. The maximum absolute atomic E-state index is 12.2. The summed E-state index contributed by atoms with van der Waals surface area (Å²) in [6.45, 7) is 0.519. The zero-order valence-electron chi connectivity index (χ0n) is 14.3. The number of rotatable bonds is 5. The van der Waals surface area contributed by atoms with Crippen molar-refractivity contribution < 1.29 is 22.7 Å². The summed E-state index contributed by atoms with van der Waals surface area (Å²) in [5.74, 6) is 1.71. The molecule has 27 heavy (non-hydrogen) atoms. The van der Waals surface area contributed by atoms with E-state index in [9.17, 15) is 13.2 Å². The number of hydrogen-bond donors (Lipinski definition) is 2. The maximum atomic E-state index is 12.2. The second-order valence-corrected chi connectivity index (χ2v) is 8.65. The highest BCUT2D eigenvalue weighted by Crippen LogP contribution is 2.32. The fourth-order valence-electron chi connectivity index (χ4n) is 2.97. The average Bonchev–Trinajstić information content (AvgIpc) is 3.25. The number of carbonyl (C=O) groups excluding carboxylic acids is 1. The van der Waals surface area contributed by atoms with Gasteiger partial charge in [-0.3, -0.25) is 4.79 Å². The number of carbonyl (C=O) groups is 1. The number of benzene rings is 1. The van der Waals surface area contributed by atoms with Gasteiger partial charge in [-0.1, -0.05) is 6.07 Å². The standard InChI is InChI=1S/C17H18N4O5S/c22-17(18-8-11-1-3-14-15(7-11)26-10-25-14)13-2-4-16(21-20-13)19-12-5-6-27(23,24)9-12/h1-4,7,12H,5-6,8-10H2,(H,18,22)(H,19,21). The molecule has 1 atom stereocenters. The van der Waals surface area contributed by atoms with Crippen molar-refractivity contribution in [2.75, 3.05) is 23.6 Å². The van der Waals surface area contributed by atoms with Crippen molar-refractivity contribution in [3.8, 4) is 11.5 Å². The van der Waals surface area contributed by atoms with Crippen molar-refractivity contribution in [2.45, 2.75) is 19.0 Å². The lowest BCUT2D eigenvalue weighted by atomic mass is 10.2. The highest BCUT2D eigenvalue weighted by Gasteiger charge is 2.28. The van der Waals surface area contributed by atoms with Crippen molar-refractivity contribution in [1.29, 1.82) is 0 Å². The van der Waals surface area contributed by atoms with Crippen LogP contribution in [-0.2, 0) is 16.4 Å². The van der Waals surface area contributed by atoms with Crippen molar-refractivity contribution >= 4 is 21.6 Å². The van der Waals surface area contributed by atoms with E-state index in [1.165, 1.54) is 0 Å². The summed E-state index contributed by atoms with van der Waals surface area (Å²) in [5, 5.41) is 13.7. The van der Waals surface area contributed by atoms with E-state index in [2.05, 4.69) is 20.8 Å². The lowest BCUT2D eigenvalue weighted by Crippen LogP contribution is -2.25. The first kappa shape index (κ1) is 17.5. The Morgan fingerprint density at radius 3 is 2.74 bits per heavy atom. The van der Waals surface area contributed by atoms with Gasteiger partial charge in [0.2, 0.25) is 6.79 Å². The molecule has 0 saturated carbocycles. The van der Waals surface area contributed by atoms with E-state index >= 15 is 0 Å². The Hall–Kier alpha value is -2.88. The number of amides is 1. The van der Waals surface area contributed by atoms with E-state index in [1.54, 1.807) is 18.2 Å². The van der Waals surface area contributed by atoms with E-state index in [0.717, 1.165) is 5.56 Å².